The van der Waals surface area contributed by atoms with Crippen LogP contribution in [-0.4, -0.2) is 35.7 Å². The number of anilines is 1. The van der Waals surface area contributed by atoms with Gasteiger partial charge >= 0.3 is 0 Å². The van der Waals surface area contributed by atoms with Crippen molar-refractivity contribution in [3.63, 3.8) is 0 Å². The Kier molecular flexibility index (Phi) is 3.89. The molecule has 1 aliphatic rings. The summed E-state index contributed by atoms with van der Waals surface area (Å²) < 4.78 is 0. The highest BCUT2D eigenvalue weighted by Crippen LogP contribution is 2.19. The Balaban J connectivity index is 1.84. The van der Waals surface area contributed by atoms with Gasteiger partial charge in [0.25, 0.3) is 0 Å². The maximum atomic E-state index is 9.38. The number of hydrogen-bond donors (Lipinski definition) is 2. The van der Waals surface area contributed by atoms with Crippen LogP contribution in [0.4, 0.5) is 5.69 Å². The molecular weight excluding hydrogens is 212 g/mol. The van der Waals surface area contributed by atoms with Crippen molar-refractivity contribution < 1.29 is 5.11 Å². The first-order valence-corrected chi connectivity index (χ1v) is 5.99. The van der Waals surface area contributed by atoms with Gasteiger partial charge in [0.05, 0.1) is 6.54 Å². The van der Waals surface area contributed by atoms with Gasteiger partial charge in [-0.25, -0.2) is 0 Å². The van der Waals surface area contributed by atoms with Gasteiger partial charge < -0.3 is 10.4 Å². The molecule has 1 aliphatic heterocycles. The number of piperidine rings is 1. The molecule has 0 atom stereocenters. The molecule has 2 N–H and O–H groups in total. The highest BCUT2D eigenvalue weighted by molar-refractivity contribution is 5.48. The zero-order valence-corrected chi connectivity index (χ0v) is 9.89. The largest absolute Gasteiger partial charge is 0.508 e. The number of likely N-dealkylation sites (tertiary alicyclic amines) is 1. The van der Waals surface area contributed by atoms with Gasteiger partial charge in [-0.3, -0.25) is 4.90 Å². The van der Waals surface area contributed by atoms with E-state index in [1.54, 1.807) is 12.1 Å². The summed E-state index contributed by atoms with van der Waals surface area (Å²) in [6, 6.07) is 7.75. The fourth-order valence-corrected chi connectivity index (χ4v) is 2.20. The fraction of sp³-hybridized carbons (Fsp3) is 0.429. The smallest absolute Gasteiger partial charge is 0.117 e. The molecule has 3 nitrogen and oxygen atoms in total. The van der Waals surface area contributed by atoms with Gasteiger partial charge in [0.15, 0.2) is 0 Å². The first-order valence-electron chi connectivity index (χ1n) is 5.99. The van der Waals surface area contributed by atoms with E-state index in [1.807, 2.05) is 12.1 Å². The normalized spacial score (nSPS) is 17.6. The zero-order chi connectivity index (χ0) is 12.1. The molecule has 3 heteroatoms. The average molecular weight is 230 g/mol. The first kappa shape index (κ1) is 11.8. The van der Waals surface area contributed by atoms with Crippen LogP contribution in [0.25, 0.3) is 0 Å². The Bertz CT molecular complexity index is 403. The van der Waals surface area contributed by atoms with Crippen LogP contribution in [0.3, 0.4) is 0 Å². The van der Waals surface area contributed by atoms with Crippen LogP contribution in [0, 0.1) is 12.3 Å². The predicted octanol–water partition coefficient (Wildman–Crippen LogP) is 1.90. The van der Waals surface area contributed by atoms with Gasteiger partial charge in [0.1, 0.15) is 5.75 Å². The summed E-state index contributed by atoms with van der Waals surface area (Å²) >= 11 is 0. The van der Waals surface area contributed by atoms with Gasteiger partial charge in [-0.1, -0.05) is 12.0 Å². The molecule has 2 rings (SSSR count). The van der Waals surface area contributed by atoms with Crippen LogP contribution in [0.5, 0.6) is 5.75 Å². The van der Waals surface area contributed by atoms with Crippen molar-refractivity contribution >= 4 is 5.69 Å². The summed E-state index contributed by atoms with van der Waals surface area (Å²) in [5.41, 5.74) is 0.986. The van der Waals surface area contributed by atoms with Gasteiger partial charge in [-0.2, -0.15) is 0 Å². The second kappa shape index (κ2) is 5.60. The Morgan fingerprint density at radius 3 is 2.82 bits per heavy atom. The van der Waals surface area contributed by atoms with Crippen LogP contribution < -0.4 is 5.32 Å². The number of phenols is 1. The lowest BCUT2D eigenvalue weighted by molar-refractivity contribution is 0.243. The fourth-order valence-electron chi connectivity index (χ4n) is 2.20. The number of hydrogen-bond acceptors (Lipinski definition) is 3. The molecular formula is C14H18N2O. The summed E-state index contributed by atoms with van der Waals surface area (Å²) in [6.45, 7) is 2.83. The van der Waals surface area contributed by atoms with Gasteiger partial charge in [-0.15, -0.1) is 6.42 Å². The number of terminal acetylenes is 1. The monoisotopic (exact) mass is 230 g/mol. The number of benzene rings is 1. The van der Waals surface area contributed by atoms with Crippen molar-refractivity contribution in [3.8, 4) is 18.1 Å². The predicted molar refractivity (Wildman–Crippen MR) is 70.0 cm³/mol. The molecule has 1 aromatic rings. The lowest BCUT2D eigenvalue weighted by Gasteiger charge is -2.31. The van der Waals surface area contributed by atoms with Crippen molar-refractivity contribution in [3.05, 3.63) is 24.3 Å². The van der Waals surface area contributed by atoms with Gasteiger partial charge in [0.2, 0.25) is 0 Å². The highest BCUT2D eigenvalue weighted by Gasteiger charge is 2.18. The minimum atomic E-state index is 0.305. The van der Waals surface area contributed by atoms with E-state index in [-0.39, 0.29) is 0 Å². The SMILES string of the molecule is C#CCN1CCC(Nc2cccc(O)c2)CC1. The zero-order valence-electron chi connectivity index (χ0n) is 9.89. The van der Waals surface area contributed by atoms with Crippen molar-refractivity contribution in [2.24, 2.45) is 0 Å². The third-order valence-corrected chi connectivity index (χ3v) is 3.12. The minimum absolute atomic E-state index is 0.305. The average Bonchev–Trinajstić information content (AvgIpc) is 2.32. The second-order valence-electron chi connectivity index (χ2n) is 4.45. The minimum Gasteiger partial charge on any atom is -0.508 e. The van der Waals surface area contributed by atoms with Crippen LogP contribution in [0.15, 0.2) is 24.3 Å². The quantitative estimate of drug-likeness (QED) is 0.779. The second-order valence-corrected chi connectivity index (χ2v) is 4.45. The lowest BCUT2D eigenvalue weighted by atomic mass is 10.0. The summed E-state index contributed by atoms with van der Waals surface area (Å²) in [7, 11) is 0. The van der Waals surface area contributed by atoms with E-state index in [9.17, 15) is 5.11 Å². The standard InChI is InChI=1S/C14H18N2O/c1-2-8-16-9-6-12(7-10-16)15-13-4-3-5-14(17)11-13/h1,3-5,11-12,15,17H,6-10H2. The maximum Gasteiger partial charge on any atom is 0.117 e. The lowest BCUT2D eigenvalue weighted by Crippen LogP contribution is -2.39. The molecule has 90 valence electrons. The number of rotatable bonds is 3. The van der Waals surface area contributed by atoms with E-state index < -0.39 is 0 Å². The molecule has 0 saturated carbocycles. The Hall–Kier alpha value is -1.66. The molecule has 0 radical (unpaired) electrons. The molecule has 17 heavy (non-hydrogen) atoms. The molecule has 0 spiro atoms. The molecule has 1 aromatic carbocycles. The molecule has 1 heterocycles. The molecule has 0 amide bonds. The van der Waals surface area contributed by atoms with Crippen LogP contribution in [0.1, 0.15) is 12.8 Å². The summed E-state index contributed by atoms with van der Waals surface area (Å²) in [4.78, 5) is 2.29. The number of phenolic OH excluding ortho intramolecular Hbond substituents is 1. The number of nitrogens with zero attached hydrogens (tertiary/aromatic N) is 1. The summed E-state index contributed by atoms with van der Waals surface area (Å²) in [5, 5.41) is 12.8. The third-order valence-electron chi connectivity index (χ3n) is 3.12. The van der Waals surface area contributed by atoms with Crippen LogP contribution >= 0.6 is 0 Å². The number of aromatic hydroxyl groups is 1. The van der Waals surface area contributed by atoms with Crippen molar-refractivity contribution in [2.75, 3.05) is 25.0 Å². The summed E-state index contributed by atoms with van der Waals surface area (Å²) in [6.07, 6.45) is 7.49. The molecule has 0 aromatic heterocycles. The van der Waals surface area contributed by atoms with E-state index in [0.717, 1.165) is 38.2 Å². The van der Waals surface area contributed by atoms with Crippen LogP contribution in [-0.2, 0) is 0 Å². The van der Waals surface area contributed by atoms with E-state index >= 15 is 0 Å². The maximum absolute atomic E-state index is 9.38. The van der Waals surface area contributed by atoms with Gasteiger partial charge in [0, 0.05) is 30.9 Å². The third kappa shape index (κ3) is 3.40. The Labute approximate surface area is 102 Å². The molecule has 1 saturated heterocycles. The Morgan fingerprint density at radius 2 is 2.18 bits per heavy atom. The van der Waals surface area contributed by atoms with Crippen LogP contribution in [0.2, 0.25) is 0 Å². The van der Waals surface area contributed by atoms with Crippen molar-refractivity contribution in [2.45, 2.75) is 18.9 Å². The van der Waals surface area contributed by atoms with E-state index in [2.05, 4.69) is 16.1 Å². The Morgan fingerprint density at radius 1 is 1.41 bits per heavy atom. The van der Waals surface area contributed by atoms with E-state index in [4.69, 9.17) is 6.42 Å². The molecule has 1 fully saturated rings. The van der Waals surface area contributed by atoms with Gasteiger partial charge in [-0.05, 0) is 25.0 Å². The molecule has 0 bridgehead atoms. The molecule has 0 aliphatic carbocycles. The van der Waals surface area contributed by atoms with Crippen molar-refractivity contribution in [1.82, 2.24) is 4.90 Å². The van der Waals surface area contributed by atoms with E-state index in [1.165, 1.54) is 0 Å². The highest BCUT2D eigenvalue weighted by atomic mass is 16.3. The molecule has 0 unspecified atom stereocenters. The first-order chi connectivity index (χ1) is 8.28. The summed E-state index contributed by atoms with van der Waals surface area (Å²) in [5.74, 6) is 2.99. The van der Waals surface area contributed by atoms with E-state index in [0.29, 0.717) is 11.8 Å². The topological polar surface area (TPSA) is 35.5 Å². The number of nitrogens with one attached hydrogen (secondary N) is 1. The van der Waals surface area contributed by atoms with Crippen molar-refractivity contribution in [1.29, 1.82) is 0 Å².